The number of benzene rings is 1. The van der Waals surface area contributed by atoms with Crippen LogP contribution in [0, 0.1) is 23.6 Å². The number of sulfonamides is 1. The molecule has 0 aromatic heterocycles. The number of unbranched alkanes of at least 4 members (excludes halogenated alkanes) is 1. The first-order chi connectivity index (χ1) is 16.8. The summed E-state index contributed by atoms with van der Waals surface area (Å²) in [6.07, 6.45) is -0.421. The Kier molecular flexibility index (Phi) is 10.8. The van der Waals surface area contributed by atoms with Gasteiger partial charge < -0.3 is 20.5 Å². The summed E-state index contributed by atoms with van der Waals surface area (Å²) in [5, 5.41) is 14.6. The Bertz CT molecular complexity index is 1020. The van der Waals surface area contributed by atoms with E-state index in [1.54, 1.807) is 13.8 Å². The van der Waals surface area contributed by atoms with Gasteiger partial charge in [-0.25, -0.2) is 22.3 Å². The average Bonchev–Trinajstić information content (AvgIpc) is 3.61. The first-order valence-electron chi connectivity index (χ1n) is 12.0. The summed E-state index contributed by atoms with van der Waals surface area (Å²) in [6.45, 7) is 8.14. The monoisotopic (exact) mass is 529 g/mol. The number of carboxylic acid groups (broad SMARTS) is 1. The number of carbonyl (C=O) groups excluding carboxylic acids is 2. The number of carboxylic acids is 1. The van der Waals surface area contributed by atoms with Crippen molar-refractivity contribution in [2.75, 3.05) is 13.1 Å². The maximum Gasteiger partial charge on any atom is 0.336 e. The van der Waals surface area contributed by atoms with Crippen molar-refractivity contribution in [3.05, 3.63) is 30.1 Å². The highest BCUT2D eigenvalue weighted by Gasteiger charge is 2.51. The third kappa shape index (κ3) is 8.82. The van der Waals surface area contributed by atoms with Crippen LogP contribution in [0.25, 0.3) is 0 Å². The van der Waals surface area contributed by atoms with E-state index < -0.39 is 45.8 Å². The Hall–Kier alpha value is -2.57. The summed E-state index contributed by atoms with van der Waals surface area (Å²) in [5.74, 6) is -2.72. The van der Waals surface area contributed by atoms with Crippen molar-refractivity contribution in [3.63, 3.8) is 0 Å². The Morgan fingerprint density at radius 3 is 2.19 bits per heavy atom. The maximum atomic E-state index is 13.0. The SMILES string of the molecule is CC(C)CC(C(C)NC(=O)C1OC1C(=O)O)C(C)C(=O)NCCCCNS(=O)(=O)c1ccc(F)cc1. The molecule has 202 valence electrons. The number of halogens is 1. The van der Waals surface area contributed by atoms with E-state index in [4.69, 9.17) is 9.84 Å². The first kappa shape index (κ1) is 29.7. The largest absolute Gasteiger partial charge is 0.479 e. The number of nitrogens with one attached hydrogen (secondary N) is 3. The van der Waals surface area contributed by atoms with E-state index in [1.165, 1.54) is 12.1 Å². The predicted molar refractivity (Wildman–Crippen MR) is 130 cm³/mol. The van der Waals surface area contributed by atoms with Crippen molar-refractivity contribution in [1.29, 1.82) is 0 Å². The zero-order chi connectivity index (χ0) is 27.0. The molecule has 0 spiro atoms. The fraction of sp³-hybridized carbons (Fsp3) is 0.625. The lowest BCUT2D eigenvalue weighted by atomic mass is 9.81. The molecule has 0 aliphatic carbocycles. The molecule has 10 nitrogen and oxygen atoms in total. The van der Waals surface area contributed by atoms with Crippen LogP contribution >= 0.6 is 0 Å². The average molecular weight is 530 g/mol. The molecule has 1 aliphatic heterocycles. The maximum absolute atomic E-state index is 13.0. The summed E-state index contributed by atoms with van der Waals surface area (Å²) in [5.41, 5.74) is 0. The topological polar surface area (TPSA) is 154 Å². The zero-order valence-corrected chi connectivity index (χ0v) is 21.8. The smallest absolute Gasteiger partial charge is 0.336 e. The van der Waals surface area contributed by atoms with Crippen molar-refractivity contribution >= 4 is 27.8 Å². The van der Waals surface area contributed by atoms with Crippen LogP contribution < -0.4 is 15.4 Å². The molecule has 36 heavy (non-hydrogen) atoms. The summed E-state index contributed by atoms with van der Waals surface area (Å²) >= 11 is 0. The van der Waals surface area contributed by atoms with Gasteiger partial charge in [0.15, 0.2) is 12.2 Å². The van der Waals surface area contributed by atoms with E-state index >= 15 is 0 Å². The molecule has 1 aromatic rings. The van der Waals surface area contributed by atoms with Gasteiger partial charge >= 0.3 is 5.97 Å². The number of hydrogen-bond donors (Lipinski definition) is 4. The highest BCUT2D eigenvalue weighted by molar-refractivity contribution is 7.89. The van der Waals surface area contributed by atoms with Gasteiger partial charge in [0, 0.05) is 25.0 Å². The number of amides is 2. The first-order valence-corrected chi connectivity index (χ1v) is 13.5. The van der Waals surface area contributed by atoms with E-state index in [2.05, 4.69) is 15.4 Å². The fourth-order valence-electron chi connectivity index (χ4n) is 4.02. The van der Waals surface area contributed by atoms with Gasteiger partial charge in [0.05, 0.1) is 4.90 Å². The number of hydrogen-bond acceptors (Lipinski definition) is 6. The molecule has 1 saturated heterocycles. The van der Waals surface area contributed by atoms with Gasteiger partial charge in [-0.05, 0) is 62.3 Å². The van der Waals surface area contributed by atoms with Crippen molar-refractivity contribution < 1.29 is 37.0 Å². The van der Waals surface area contributed by atoms with Gasteiger partial charge in [-0.15, -0.1) is 0 Å². The lowest BCUT2D eigenvalue weighted by molar-refractivity contribution is -0.138. The molecular formula is C24H36FN3O7S. The van der Waals surface area contributed by atoms with E-state index in [1.807, 2.05) is 13.8 Å². The van der Waals surface area contributed by atoms with Gasteiger partial charge in [-0.1, -0.05) is 20.8 Å². The molecule has 4 N–H and O–H groups in total. The molecule has 5 unspecified atom stereocenters. The Morgan fingerprint density at radius 1 is 1.03 bits per heavy atom. The van der Waals surface area contributed by atoms with Crippen LogP contribution in [0.15, 0.2) is 29.2 Å². The standard InChI is InChI=1S/C24H36FN3O7S/c1-14(2)13-19(16(4)28-23(30)20-21(35-20)24(31)32)15(3)22(29)26-11-5-6-12-27-36(33,34)18-9-7-17(25)8-10-18/h7-10,14-16,19-21,27H,5-6,11-13H2,1-4H3,(H,26,29)(H,28,30)(H,31,32). The second-order valence-corrected chi connectivity index (χ2v) is 11.3. The van der Waals surface area contributed by atoms with Gasteiger partial charge in [0.1, 0.15) is 5.82 Å². The third-order valence-corrected chi connectivity index (χ3v) is 7.60. The minimum absolute atomic E-state index is 0.0184. The number of ether oxygens (including phenoxy) is 1. The predicted octanol–water partition coefficient (Wildman–Crippen LogP) is 1.66. The Morgan fingerprint density at radius 2 is 1.64 bits per heavy atom. The van der Waals surface area contributed by atoms with Crippen molar-refractivity contribution in [1.82, 2.24) is 15.4 Å². The number of epoxide rings is 1. The normalized spacial score (nSPS) is 19.8. The second kappa shape index (κ2) is 13.1. The quantitative estimate of drug-likeness (QED) is 0.199. The van der Waals surface area contributed by atoms with E-state index in [0.29, 0.717) is 25.8 Å². The van der Waals surface area contributed by atoms with Crippen LogP contribution in [-0.2, 0) is 29.1 Å². The van der Waals surface area contributed by atoms with Gasteiger partial charge in [0.25, 0.3) is 5.91 Å². The third-order valence-electron chi connectivity index (χ3n) is 6.12. The number of carbonyl (C=O) groups is 3. The van der Waals surface area contributed by atoms with Crippen molar-refractivity contribution in [3.8, 4) is 0 Å². The van der Waals surface area contributed by atoms with E-state index in [0.717, 1.165) is 12.1 Å². The molecule has 1 heterocycles. The molecule has 2 rings (SSSR count). The van der Waals surface area contributed by atoms with Crippen LogP contribution in [0.5, 0.6) is 0 Å². The minimum Gasteiger partial charge on any atom is -0.479 e. The Labute approximate surface area is 211 Å². The molecule has 1 aromatic carbocycles. The zero-order valence-electron chi connectivity index (χ0n) is 21.0. The number of rotatable bonds is 15. The lowest BCUT2D eigenvalue weighted by Gasteiger charge is -2.31. The van der Waals surface area contributed by atoms with E-state index in [9.17, 15) is 27.2 Å². The van der Waals surface area contributed by atoms with Crippen molar-refractivity contribution in [2.45, 2.75) is 70.1 Å². The van der Waals surface area contributed by atoms with Crippen LogP contribution in [-0.4, -0.2) is 62.6 Å². The van der Waals surface area contributed by atoms with Gasteiger partial charge in [-0.2, -0.15) is 0 Å². The Balaban J connectivity index is 1.77. The molecule has 12 heteroatoms. The fourth-order valence-corrected chi connectivity index (χ4v) is 5.09. The van der Waals surface area contributed by atoms with E-state index in [-0.39, 0.29) is 35.2 Å². The molecule has 0 bridgehead atoms. The lowest BCUT2D eigenvalue weighted by Crippen LogP contribution is -2.46. The summed E-state index contributed by atoms with van der Waals surface area (Å²) < 4.78 is 44.7. The summed E-state index contributed by atoms with van der Waals surface area (Å²) in [7, 11) is -3.73. The van der Waals surface area contributed by atoms with Gasteiger partial charge in [0.2, 0.25) is 15.9 Å². The summed E-state index contributed by atoms with van der Waals surface area (Å²) in [4.78, 5) is 36.0. The molecule has 1 fully saturated rings. The molecule has 1 aliphatic rings. The minimum atomic E-state index is -3.73. The highest BCUT2D eigenvalue weighted by atomic mass is 32.2. The van der Waals surface area contributed by atoms with Crippen LogP contribution in [0.4, 0.5) is 4.39 Å². The van der Waals surface area contributed by atoms with Gasteiger partial charge in [-0.3, -0.25) is 9.59 Å². The molecule has 0 saturated carbocycles. The molecule has 0 radical (unpaired) electrons. The molecule has 2 amide bonds. The van der Waals surface area contributed by atoms with Crippen LogP contribution in [0.2, 0.25) is 0 Å². The summed E-state index contributed by atoms with van der Waals surface area (Å²) in [6, 6.07) is 4.17. The second-order valence-electron chi connectivity index (χ2n) is 9.54. The molecule has 5 atom stereocenters. The van der Waals surface area contributed by atoms with Crippen LogP contribution in [0.1, 0.15) is 47.0 Å². The van der Waals surface area contributed by atoms with Crippen molar-refractivity contribution in [2.24, 2.45) is 17.8 Å². The molecular weight excluding hydrogens is 493 g/mol. The number of aliphatic carboxylic acids is 1. The van der Waals surface area contributed by atoms with Crippen LogP contribution in [0.3, 0.4) is 0 Å². The highest BCUT2D eigenvalue weighted by Crippen LogP contribution is 2.27.